The Kier molecular flexibility index (Phi) is 6.62. The Morgan fingerprint density at radius 1 is 1.00 bits per heavy atom. The average Bonchev–Trinajstić information content (AvgIpc) is 2.73. The van der Waals surface area contributed by atoms with Crippen LogP contribution in [0, 0.1) is 0 Å². The van der Waals surface area contributed by atoms with E-state index in [0.29, 0.717) is 17.2 Å². The van der Waals surface area contributed by atoms with Gasteiger partial charge in [0.25, 0.3) is 0 Å². The van der Waals surface area contributed by atoms with Crippen LogP contribution in [0.3, 0.4) is 0 Å². The lowest BCUT2D eigenvalue weighted by Gasteiger charge is -2.11. The molecule has 0 bridgehead atoms. The smallest absolute Gasteiger partial charge is 0.396 e. The van der Waals surface area contributed by atoms with Gasteiger partial charge >= 0.3 is 8.69 Å². The summed E-state index contributed by atoms with van der Waals surface area (Å²) in [7, 11) is 2.61. The van der Waals surface area contributed by atoms with Crippen molar-refractivity contribution in [2.24, 2.45) is 0 Å². The third-order valence-electron chi connectivity index (χ3n) is 4.48. The molecule has 0 unspecified atom stereocenters. The predicted octanol–water partition coefficient (Wildman–Crippen LogP) is 5.31. The van der Waals surface area contributed by atoms with Crippen LogP contribution in [0.1, 0.15) is 24.6 Å². The number of fused-ring (bicyclic) bond motifs is 1. The van der Waals surface area contributed by atoms with Crippen molar-refractivity contribution in [1.82, 2.24) is 0 Å². The standard InChI is InChI=1S/C22H23NO4P/c1-4-13-23-18(12-10-17-7-5-6-8-19(17)23)11-9-16-14-20(25-2)22(27-28-24)21(15-16)26-3/h5-12,14-15H,4,13H2,1-3H3/q+1. The van der Waals surface area contributed by atoms with Crippen molar-refractivity contribution in [2.45, 2.75) is 19.9 Å². The molecule has 0 N–H and O–H groups in total. The van der Waals surface area contributed by atoms with E-state index in [1.54, 1.807) is 0 Å². The summed E-state index contributed by atoms with van der Waals surface area (Å²) in [5.41, 5.74) is 3.21. The third kappa shape index (κ3) is 4.15. The molecule has 0 saturated carbocycles. The number of ether oxygens (including phenoxy) is 2. The van der Waals surface area contributed by atoms with Gasteiger partial charge in [-0.3, -0.25) is 0 Å². The second-order valence-corrected chi connectivity index (χ2v) is 6.55. The number of methoxy groups -OCH3 is 2. The summed E-state index contributed by atoms with van der Waals surface area (Å²) in [6, 6.07) is 16.3. The number of nitrogens with zero attached hydrogens (tertiary/aromatic N) is 1. The second-order valence-electron chi connectivity index (χ2n) is 6.22. The zero-order valence-corrected chi connectivity index (χ0v) is 17.1. The first-order valence-corrected chi connectivity index (χ1v) is 9.80. The summed E-state index contributed by atoms with van der Waals surface area (Å²) in [4.78, 5) is 0. The number of benzene rings is 2. The number of aryl methyl sites for hydroxylation is 1. The van der Waals surface area contributed by atoms with E-state index in [-0.39, 0.29) is 0 Å². The summed E-state index contributed by atoms with van der Waals surface area (Å²) in [6.07, 6.45) is 5.12. The van der Waals surface area contributed by atoms with Crippen molar-refractivity contribution in [3.05, 3.63) is 59.8 Å². The summed E-state index contributed by atoms with van der Waals surface area (Å²) < 4.78 is 29.0. The predicted molar refractivity (Wildman–Crippen MR) is 111 cm³/mol. The Bertz CT molecular complexity index is 992. The molecule has 0 radical (unpaired) electrons. The molecule has 144 valence electrons. The molecule has 1 aromatic heterocycles. The molecular weight excluding hydrogens is 373 g/mol. The lowest BCUT2D eigenvalue weighted by molar-refractivity contribution is -0.673. The number of hydrogen-bond donors (Lipinski definition) is 0. The van der Waals surface area contributed by atoms with Crippen LogP contribution in [0.2, 0.25) is 0 Å². The van der Waals surface area contributed by atoms with Crippen molar-refractivity contribution in [2.75, 3.05) is 14.2 Å². The van der Waals surface area contributed by atoms with E-state index < -0.39 is 8.69 Å². The minimum absolute atomic E-state index is 0.311. The molecule has 5 nitrogen and oxygen atoms in total. The van der Waals surface area contributed by atoms with E-state index in [4.69, 9.17) is 14.0 Å². The Morgan fingerprint density at radius 3 is 2.36 bits per heavy atom. The molecule has 1 heterocycles. The van der Waals surface area contributed by atoms with Gasteiger partial charge in [0.1, 0.15) is 6.54 Å². The van der Waals surface area contributed by atoms with Gasteiger partial charge < -0.3 is 14.0 Å². The van der Waals surface area contributed by atoms with Gasteiger partial charge in [-0.25, -0.2) is 4.57 Å². The molecule has 0 aliphatic heterocycles. The number of hydrogen-bond acceptors (Lipinski definition) is 4. The van der Waals surface area contributed by atoms with Crippen LogP contribution in [0.15, 0.2) is 48.5 Å². The van der Waals surface area contributed by atoms with Crippen LogP contribution in [0.25, 0.3) is 23.1 Å². The van der Waals surface area contributed by atoms with E-state index in [1.165, 1.54) is 25.1 Å². The maximum Gasteiger partial charge on any atom is 0.396 e. The highest BCUT2D eigenvalue weighted by atomic mass is 31.1. The second kappa shape index (κ2) is 9.34. The van der Waals surface area contributed by atoms with Crippen LogP contribution in [0.5, 0.6) is 17.2 Å². The van der Waals surface area contributed by atoms with Crippen molar-refractivity contribution < 1.29 is 23.1 Å². The molecule has 0 atom stereocenters. The highest BCUT2D eigenvalue weighted by Crippen LogP contribution is 2.40. The molecule has 0 fully saturated rings. The van der Waals surface area contributed by atoms with Gasteiger partial charge in [-0.05, 0) is 35.9 Å². The van der Waals surface area contributed by atoms with Crippen LogP contribution in [-0.2, 0) is 11.1 Å². The lowest BCUT2D eigenvalue weighted by Crippen LogP contribution is -2.37. The maximum absolute atomic E-state index is 10.9. The molecule has 3 aromatic rings. The summed E-state index contributed by atoms with van der Waals surface area (Å²) in [5.74, 6) is 1.23. The van der Waals surface area contributed by atoms with Crippen LogP contribution in [0.4, 0.5) is 0 Å². The molecule has 28 heavy (non-hydrogen) atoms. The monoisotopic (exact) mass is 396 g/mol. The molecule has 6 heteroatoms. The Hall–Kier alpha value is -2.91. The van der Waals surface area contributed by atoms with E-state index in [2.05, 4.69) is 54.0 Å². The molecule has 0 aliphatic rings. The third-order valence-corrected chi connectivity index (χ3v) is 4.74. The maximum atomic E-state index is 10.9. The molecule has 2 aromatic carbocycles. The highest BCUT2D eigenvalue weighted by Gasteiger charge is 2.15. The van der Waals surface area contributed by atoms with Crippen LogP contribution in [-0.4, -0.2) is 14.2 Å². The fourth-order valence-corrected chi connectivity index (χ4v) is 3.46. The Morgan fingerprint density at radius 2 is 1.71 bits per heavy atom. The molecule has 0 saturated heterocycles. The Balaban J connectivity index is 2.04. The summed E-state index contributed by atoms with van der Waals surface area (Å²) in [6.45, 7) is 3.11. The fraction of sp³-hybridized carbons (Fsp3) is 0.227. The zero-order chi connectivity index (χ0) is 19.9. The molecule has 0 amide bonds. The number of para-hydroxylation sites is 1. The van der Waals surface area contributed by atoms with Crippen molar-refractivity contribution in [3.63, 3.8) is 0 Å². The summed E-state index contributed by atoms with van der Waals surface area (Å²) >= 11 is 0. The van der Waals surface area contributed by atoms with E-state index >= 15 is 0 Å². The quantitative estimate of drug-likeness (QED) is 0.382. The van der Waals surface area contributed by atoms with Crippen LogP contribution < -0.4 is 18.6 Å². The van der Waals surface area contributed by atoms with Crippen molar-refractivity contribution in [3.8, 4) is 17.2 Å². The van der Waals surface area contributed by atoms with Gasteiger partial charge in [-0.1, -0.05) is 19.1 Å². The van der Waals surface area contributed by atoms with Gasteiger partial charge in [-0.2, -0.15) is 4.57 Å². The van der Waals surface area contributed by atoms with Crippen molar-refractivity contribution >= 4 is 31.7 Å². The minimum atomic E-state index is -0.463. The molecular formula is C22H23NO4P+. The van der Waals surface area contributed by atoms with Crippen LogP contribution >= 0.6 is 8.69 Å². The zero-order valence-electron chi connectivity index (χ0n) is 16.2. The van der Waals surface area contributed by atoms with Crippen molar-refractivity contribution in [1.29, 1.82) is 0 Å². The van der Waals surface area contributed by atoms with E-state index in [9.17, 15) is 4.57 Å². The normalized spacial score (nSPS) is 11.2. The molecule has 0 aliphatic carbocycles. The van der Waals surface area contributed by atoms with Gasteiger partial charge in [0.05, 0.1) is 14.2 Å². The van der Waals surface area contributed by atoms with Gasteiger partial charge in [0, 0.05) is 30.0 Å². The largest absolute Gasteiger partial charge is 0.493 e. The molecule has 3 rings (SSSR count). The SMILES string of the molecule is CCC[n+]1c(C=Cc2cc(OC)c(OP=O)c(OC)c2)ccc2ccccc21. The summed E-state index contributed by atoms with van der Waals surface area (Å²) in [5, 5.41) is 1.22. The topological polar surface area (TPSA) is 48.6 Å². The Labute approximate surface area is 166 Å². The molecule has 0 spiro atoms. The first-order chi connectivity index (χ1) is 13.7. The average molecular weight is 396 g/mol. The lowest BCUT2D eigenvalue weighted by atomic mass is 10.1. The highest BCUT2D eigenvalue weighted by molar-refractivity contribution is 7.17. The minimum Gasteiger partial charge on any atom is -0.493 e. The van der Waals surface area contributed by atoms with Gasteiger partial charge in [-0.15, -0.1) is 0 Å². The first-order valence-electron chi connectivity index (χ1n) is 9.07. The van der Waals surface area contributed by atoms with E-state index in [0.717, 1.165) is 24.2 Å². The van der Waals surface area contributed by atoms with Gasteiger partial charge in [0.15, 0.2) is 11.5 Å². The number of rotatable bonds is 8. The number of aromatic nitrogens is 1. The van der Waals surface area contributed by atoms with E-state index in [1.807, 2.05) is 18.2 Å². The fourth-order valence-electron chi connectivity index (χ4n) is 3.20. The van der Waals surface area contributed by atoms with Gasteiger partial charge in [0.2, 0.25) is 17.0 Å². The number of pyridine rings is 1. The first kappa shape index (κ1) is 19.8.